The summed E-state index contributed by atoms with van der Waals surface area (Å²) in [5, 5.41) is 6.82. The van der Waals surface area contributed by atoms with E-state index in [1.54, 1.807) is 0 Å². The fourth-order valence-electron chi connectivity index (χ4n) is 4.65. The molecule has 0 saturated heterocycles. The molecule has 3 fully saturated rings. The molecule has 2 atom stereocenters. The van der Waals surface area contributed by atoms with Crippen LogP contribution in [-0.2, 0) is 6.18 Å². The molecular formula is C21H27F3N2O. The first-order chi connectivity index (χ1) is 12.9. The number of amides is 1. The van der Waals surface area contributed by atoms with Crippen LogP contribution in [0.5, 0.6) is 0 Å². The van der Waals surface area contributed by atoms with Crippen molar-refractivity contribution >= 4 is 5.91 Å². The van der Waals surface area contributed by atoms with Gasteiger partial charge in [0.15, 0.2) is 0 Å². The molecule has 148 valence electrons. The summed E-state index contributed by atoms with van der Waals surface area (Å²) in [6.07, 6.45) is 5.30. The van der Waals surface area contributed by atoms with Gasteiger partial charge in [-0.1, -0.05) is 12.8 Å². The van der Waals surface area contributed by atoms with Crippen LogP contribution in [0.25, 0.3) is 0 Å². The van der Waals surface area contributed by atoms with Crippen LogP contribution in [0.1, 0.15) is 85.2 Å². The Bertz CT molecular complexity index is 693. The topological polar surface area (TPSA) is 41.1 Å². The van der Waals surface area contributed by atoms with E-state index in [-0.39, 0.29) is 23.9 Å². The molecule has 1 amide bonds. The number of carbonyl (C=O) groups excluding carboxylic acids is 1. The number of halogens is 3. The largest absolute Gasteiger partial charge is 0.416 e. The SMILES string of the molecule is O=C(N[C@@H]1CCC[C@H]1NC1CCCC1)c1ccc(C(F)(F)F)cc1C1CC1. The molecule has 0 aliphatic heterocycles. The van der Waals surface area contributed by atoms with Gasteiger partial charge < -0.3 is 10.6 Å². The van der Waals surface area contributed by atoms with Crippen LogP contribution < -0.4 is 10.6 Å². The molecular weight excluding hydrogens is 353 g/mol. The number of rotatable bonds is 5. The lowest BCUT2D eigenvalue weighted by atomic mass is 9.98. The maximum Gasteiger partial charge on any atom is 0.416 e. The second-order valence-electron chi connectivity index (χ2n) is 8.34. The number of carbonyl (C=O) groups is 1. The van der Waals surface area contributed by atoms with Crippen molar-refractivity contribution in [3.8, 4) is 0 Å². The van der Waals surface area contributed by atoms with Gasteiger partial charge in [-0.2, -0.15) is 13.2 Å². The van der Waals surface area contributed by atoms with Crippen molar-refractivity contribution in [2.24, 2.45) is 0 Å². The molecule has 0 radical (unpaired) electrons. The first-order valence-electron chi connectivity index (χ1n) is 10.2. The Morgan fingerprint density at radius 3 is 2.30 bits per heavy atom. The lowest BCUT2D eigenvalue weighted by Gasteiger charge is -2.26. The first kappa shape index (κ1) is 18.8. The molecule has 2 N–H and O–H groups in total. The van der Waals surface area contributed by atoms with Crippen LogP contribution in [0.4, 0.5) is 13.2 Å². The van der Waals surface area contributed by atoms with Crippen molar-refractivity contribution in [3.63, 3.8) is 0 Å². The second kappa shape index (κ2) is 7.46. The third-order valence-corrected chi connectivity index (χ3v) is 6.28. The number of alkyl halides is 3. The molecule has 0 unspecified atom stereocenters. The zero-order valence-corrected chi connectivity index (χ0v) is 15.4. The molecule has 3 saturated carbocycles. The highest BCUT2D eigenvalue weighted by Gasteiger charge is 2.36. The molecule has 1 aromatic carbocycles. The Morgan fingerprint density at radius 1 is 0.926 bits per heavy atom. The van der Waals surface area contributed by atoms with Crippen LogP contribution in [0.3, 0.4) is 0 Å². The Morgan fingerprint density at radius 2 is 1.63 bits per heavy atom. The van der Waals surface area contributed by atoms with Gasteiger partial charge in [0, 0.05) is 23.7 Å². The minimum Gasteiger partial charge on any atom is -0.348 e. The predicted octanol–water partition coefficient (Wildman–Crippen LogP) is 4.77. The van der Waals surface area contributed by atoms with Gasteiger partial charge in [-0.25, -0.2) is 0 Å². The van der Waals surface area contributed by atoms with Gasteiger partial charge in [0.25, 0.3) is 5.91 Å². The van der Waals surface area contributed by atoms with Crippen molar-refractivity contribution in [3.05, 3.63) is 34.9 Å². The lowest BCUT2D eigenvalue weighted by molar-refractivity contribution is -0.137. The standard InChI is InChI=1S/C21H27F3N2O/c22-21(23,24)14-10-11-16(17(12-14)13-8-9-13)20(27)26-19-7-3-6-18(19)25-15-4-1-2-5-15/h10-13,15,18-19,25H,1-9H2,(H,26,27)/t18-,19-/m1/s1. The fraction of sp³-hybridized carbons (Fsp3) is 0.667. The van der Waals surface area contributed by atoms with Crippen molar-refractivity contribution < 1.29 is 18.0 Å². The minimum absolute atomic E-state index is 0.0624. The lowest BCUT2D eigenvalue weighted by Crippen LogP contribution is -2.49. The number of hydrogen-bond donors (Lipinski definition) is 2. The van der Waals surface area contributed by atoms with Crippen molar-refractivity contribution in [2.45, 2.75) is 88.0 Å². The van der Waals surface area contributed by atoms with Gasteiger partial charge >= 0.3 is 6.18 Å². The summed E-state index contributed by atoms with van der Waals surface area (Å²) in [6, 6.07) is 4.45. The normalized spacial score (nSPS) is 26.5. The summed E-state index contributed by atoms with van der Waals surface area (Å²) in [4.78, 5) is 12.9. The third-order valence-electron chi connectivity index (χ3n) is 6.28. The van der Waals surface area contributed by atoms with E-state index in [2.05, 4.69) is 10.6 Å². The number of benzene rings is 1. The summed E-state index contributed by atoms with van der Waals surface area (Å²) in [7, 11) is 0. The van der Waals surface area contributed by atoms with E-state index in [4.69, 9.17) is 0 Å². The molecule has 4 rings (SSSR count). The quantitative estimate of drug-likeness (QED) is 0.773. The highest BCUT2D eigenvalue weighted by atomic mass is 19.4. The molecule has 3 nitrogen and oxygen atoms in total. The highest BCUT2D eigenvalue weighted by molar-refractivity contribution is 5.96. The zero-order chi connectivity index (χ0) is 19.0. The molecule has 0 aromatic heterocycles. The number of nitrogens with one attached hydrogen (secondary N) is 2. The Labute approximate surface area is 158 Å². The van der Waals surface area contributed by atoms with Gasteiger partial charge in [0.1, 0.15) is 0 Å². The zero-order valence-electron chi connectivity index (χ0n) is 15.4. The average Bonchev–Trinajstić information content (AvgIpc) is 3.19. The fourth-order valence-corrected chi connectivity index (χ4v) is 4.65. The van der Waals surface area contributed by atoms with Gasteiger partial charge in [-0.3, -0.25) is 4.79 Å². The predicted molar refractivity (Wildman–Crippen MR) is 97.7 cm³/mol. The van der Waals surface area contributed by atoms with Crippen LogP contribution >= 0.6 is 0 Å². The van der Waals surface area contributed by atoms with E-state index in [1.807, 2.05) is 0 Å². The Kier molecular flexibility index (Phi) is 5.19. The number of hydrogen-bond acceptors (Lipinski definition) is 2. The molecule has 1 aromatic rings. The summed E-state index contributed by atoms with van der Waals surface area (Å²) in [6.45, 7) is 0. The van der Waals surface area contributed by atoms with E-state index < -0.39 is 11.7 Å². The Hall–Kier alpha value is -1.56. The first-order valence-corrected chi connectivity index (χ1v) is 10.2. The van der Waals surface area contributed by atoms with Crippen LogP contribution in [-0.4, -0.2) is 24.0 Å². The molecule has 3 aliphatic rings. The van der Waals surface area contributed by atoms with E-state index >= 15 is 0 Å². The molecule has 0 bridgehead atoms. The van der Waals surface area contributed by atoms with E-state index in [9.17, 15) is 18.0 Å². The van der Waals surface area contributed by atoms with Crippen LogP contribution in [0, 0.1) is 0 Å². The van der Waals surface area contributed by atoms with Gasteiger partial charge in [0.2, 0.25) is 0 Å². The van der Waals surface area contributed by atoms with E-state index in [0.29, 0.717) is 17.2 Å². The van der Waals surface area contributed by atoms with E-state index in [1.165, 1.54) is 37.8 Å². The summed E-state index contributed by atoms with van der Waals surface area (Å²) in [5.74, 6) is -0.139. The monoisotopic (exact) mass is 380 g/mol. The summed E-state index contributed by atoms with van der Waals surface area (Å²) >= 11 is 0. The van der Waals surface area contributed by atoms with Crippen molar-refractivity contribution in [1.82, 2.24) is 10.6 Å². The van der Waals surface area contributed by atoms with E-state index in [0.717, 1.165) is 38.2 Å². The van der Waals surface area contributed by atoms with Gasteiger partial charge in [-0.05, 0) is 74.6 Å². The smallest absolute Gasteiger partial charge is 0.348 e. The summed E-state index contributed by atoms with van der Waals surface area (Å²) < 4.78 is 39.1. The Balaban J connectivity index is 1.47. The molecule has 0 heterocycles. The highest BCUT2D eigenvalue weighted by Crippen LogP contribution is 2.43. The third kappa shape index (κ3) is 4.31. The molecule has 6 heteroatoms. The average molecular weight is 380 g/mol. The maximum atomic E-state index is 13.0. The second-order valence-corrected chi connectivity index (χ2v) is 8.34. The molecule has 3 aliphatic carbocycles. The van der Waals surface area contributed by atoms with Crippen molar-refractivity contribution in [1.29, 1.82) is 0 Å². The van der Waals surface area contributed by atoms with Gasteiger partial charge in [0.05, 0.1) is 5.56 Å². The summed E-state index contributed by atoms with van der Waals surface area (Å²) in [5.41, 5.74) is 0.306. The van der Waals surface area contributed by atoms with Crippen LogP contribution in [0.15, 0.2) is 18.2 Å². The maximum absolute atomic E-state index is 13.0. The molecule has 27 heavy (non-hydrogen) atoms. The van der Waals surface area contributed by atoms with Crippen molar-refractivity contribution in [2.75, 3.05) is 0 Å². The molecule has 0 spiro atoms. The van der Waals surface area contributed by atoms with Crippen LogP contribution in [0.2, 0.25) is 0 Å². The van der Waals surface area contributed by atoms with Gasteiger partial charge in [-0.15, -0.1) is 0 Å². The minimum atomic E-state index is -4.37.